The van der Waals surface area contributed by atoms with E-state index in [1.54, 1.807) is 127 Å². The lowest BCUT2D eigenvalue weighted by Gasteiger charge is -2.29. The molecule has 16 amide bonds. The van der Waals surface area contributed by atoms with E-state index in [1.807, 2.05) is 0 Å². The van der Waals surface area contributed by atoms with Crippen molar-refractivity contribution in [1.82, 2.24) is 85.1 Å². The zero-order valence-corrected chi connectivity index (χ0v) is 74.2. The maximum absolute atomic E-state index is 15.4. The highest BCUT2D eigenvalue weighted by Gasteiger charge is 2.40. The van der Waals surface area contributed by atoms with E-state index < -0.39 is 260 Å². The third-order valence-electron chi connectivity index (χ3n) is 17.4. The molecule has 121 heavy (non-hydrogen) atoms. The third-order valence-corrected chi connectivity index (χ3v) is 17.4. The topological polar surface area (TPSA) is 578 Å². The summed E-state index contributed by atoms with van der Waals surface area (Å²) in [6, 6.07) is -10.9. The van der Waals surface area contributed by atoms with Crippen LogP contribution in [0.5, 0.6) is 0 Å². The Labute approximate surface area is 710 Å². The van der Waals surface area contributed by atoms with Crippen LogP contribution in [0.1, 0.15) is 228 Å². The number of benzene rings is 1. The van der Waals surface area contributed by atoms with Gasteiger partial charge in [-0.05, 0) is 174 Å². The lowest BCUT2D eigenvalue weighted by Crippen LogP contribution is -2.63. The number of aliphatic hydroxyl groups is 2. The van der Waals surface area contributed by atoms with Gasteiger partial charge in [0, 0.05) is 39.1 Å². The number of carbonyl (C=O) groups excluding carboxylic acids is 16. The number of amides is 16. The average molecular weight is 1720 g/mol. The van der Waals surface area contributed by atoms with Crippen molar-refractivity contribution in [2.75, 3.05) is 39.3 Å². The van der Waals surface area contributed by atoms with Crippen molar-refractivity contribution in [3.8, 4) is 0 Å². The number of nitrogens with one attached hydrogen (secondary N) is 16. The Hall–Kier alpha value is -10.4. The smallest absolute Gasteiger partial charge is 0.407 e. The van der Waals surface area contributed by atoms with Crippen LogP contribution >= 0.6 is 0 Å². The molecule has 20 N–H and O–H groups in total. The molecular formula is C81H139N17O23. The minimum Gasteiger partial charge on any atom is -0.444 e. The predicted molar refractivity (Wildman–Crippen MR) is 446 cm³/mol. The molecule has 2 rings (SSSR count). The lowest BCUT2D eigenvalue weighted by molar-refractivity contribution is -0.137. The largest absolute Gasteiger partial charge is 0.444 e. The number of rotatable bonds is 35. The van der Waals surface area contributed by atoms with Gasteiger partial charge in [0.25, 0.3) is 0 Å². The molecule has 686 valence electrons. The number of hydrogen-bond donors (Lipinski definition) is 19. The summed E-state index contributed by atoms with van der Waals surface area (Å²) in [5.74, 6) is -12.7. The van der Waals surface area contributed by atoms with Gasteiger partial charge >= 0.3 is 30.5 Å². The van der Waals surface area contributed by atoms with Crippen LogP contribution < -0.4 is 90.8 Å². The van der Waals surface area contributed by atoms with E-state index in [0.29, 0.717) is 12.0 Å². The molecule has 0 bridgehead atoms. The van der Waals surface area contributed by atoms with Crippen LogP contribution in [0.15, 0.2) is 30.3 Å². The minimum atomic E-state index is -2.05. The molecule has 0 unspecified atom stereocenters. The second-order valence-electron chi connectivity index (χ2n) is 35.3. The number of unbranched alkanes of at least 4 members (excludes halogenated alkanes) is 5. The second kappa shape index (κ2) is 51.4. The zero-order valence-electron chi connectivity index (χ0n) is 74.2. The van der Waals surface area contributed by atoms with Gasteiger partial charge in [-0.2, -0.15) is 0 Å². The molecule has 13 atom stereocenters. The standard InChI is InChI=1S/C81H139N17O23/c1-21-22-23-24-25-29-32-50(82)61(101)89-54(36-41-86-74(114)119-79(12,13)14)65(105)98-60(48(5)100)71(111)96-58(45-88-76(116)121-81(18,19)20)69(109)93-51-33-38-83-70(110)59(47(4)99)97-66(106)55(37-42-87-75(115)120-80(15,16)17)91-63(103)52(34-39-84-72(112)117-77(6,7)8)92-67(107)56(43-46(2)3)94-68(108)57(44-49-30-27-26-28-31-49)95-64(104)53(90-62(51)102)35-40-85-73(113)118-78(9,10)11/h26-28,30-31,46-48,50-60,99-100H,21-25,29,32-45,82H2,1-20H3,(H,83,110)(H,84,112)(H,85,113)(H,86,114)(H,87,115)(H,88,116)(H,89,101)(H,90,102)(H,91,103)(H,92,107)(H,93,109)(H,94,108)(H,95,104)(H,96,111)(H,97,106)(H,98,105)/t47-,48-,50+,51+,52+,53+,54+,55+,56+,57-,58+,59+,60+/m1/s1. The summed E-state index contributed by atoms with van der Waals surface area (Å²) in [6.45, 7) is 28.4. The fraction of sp³-hybridized carbons (Fsp3) is 0.728. The van der Waals surface area contributed by atoms with Crippen LogP contribution in [-0.2, 0) is 82.8 Å². The molecule has 0 spiro atoms. The number of hydrogen-bond acceptors (Lipinski definition) is 24. The highest BCUT2D eigenvalue weighted by Crippen LogP contribution is 2.17. The fourth-order valence-corrected chi connectivity index (χ4v) is 11.6. The number of carbonyl (C=O) groups is 16. The number of nitrogens with two attached hydrogens (primary N) is 1. The van der Waals surface area contributed by atoms with E-state index in [-0.39, 0.29) is 38.8 Å². The first-order valence-electron chi connectivity index (χ1n) is 41.4. The van der Waals surface area contributed by atoms with Gasteiger partial charge in [0.15, 0.2) is 0 Å². The second-order valence-corrected chi connectivity index (χ2v) is 35.3. The molecule has 40 nitrogen and oxygen atoms in total. The maximum Gasteiger partial charge on any atom is 0.407 e. The van der Waals surface area contributed by atoms with Crippen molar-refractivity contribution in [2.45, 2.75) is 335 Å². The van der Waals surface area contributed by atoms with Gasteiger partial charge in [0.2, 0.25) is 65.0 Å². The zero-order chi connectivity index (χ0) is 91.9. The Bertz CT molecular complexity index is 3570. The summed E-state index contributed by atoms with van der Waals surface area (Å²) in [6.07, 6.45) is -5.81. The van der Waals surface area contributed by atoms with Crippen molar-refractivity contribution in [3.63, 3.8) is 0 Å². The Morgan fingerprint density at radius 2 is 0.843 bits per heavy atom. The third kappa shape index (κ3) is 46.3. The fourth-order valence-electron chi connectivity index (χ4n) is 11.6. The van der Waals surface area contributed by atoms with Crippen molar-refractivity contribution < 1.29 is 111 Å². The molecule has 1 aromatic rings. The van der Waals surface area contributed by atoms with E-state index in [0.717, 1.165) is 46.0 Å². The van der Waals surface area contributed by atoms with Crippen molar-refractivity contribution >= 4 is 95.4 Å². The monoisotopic (exact) mass is 1720 g/mol. The van der Waals surface area contributed by atoms with Crippen molar-refractivity contribution in [3.05, 3.63) is 35.9 Å². The van der Waals surface area contributed by atoms with Gasteiger partial charge in [-0.3, -0.25) is 52.7 Å². The molecule has 0 aromatic heterocycles. The maximum atomic E-state index is 15.4. The molecule has 1 aromatic carbocycles. The molecule has 40 heteroatoms. The van der Waals surface area contributed by atoms with E-state index >= 15 is 19.2 Å². The average Bonchev–Trinajstić information content (AvgIpc) is 1.25. The highest BCUT2D eigenvalue weighted by atomic mass is 16.6. The summed E-state index contributed by atoms with van der Waals surface area (Å²) in [5, 5.41) is 62.7. The summed E-state index contributed by atoms with van der Waals surface area (Å²) >= 11 is 0. The number of aliphatic hydroxyl groups excluding tert-OH is 2. The van der Waals surface area contributed by atoms with Crippen molar-refractivity contribution in [2.24, 2.45) is 11.7 Å². The predicted octanol–water partition coefficient (Wildman–Crippen LogP) is 1.67. The summed E-state index contributed by atoms with van der Waals surface area (Å²) in [4.78, 5) is 228. The Kier molecular flexibility index (Phi) is 45.3. The van der Waals surface area contributed by atoms with Crippen LogP contribution in [-0.4, -0.2) is 252 Å². The van der Waals surface area contributed by atoms with Crippen LogP contribution in [0.3, 0.4) is 0 Å². The molecular weight excluding hydrogens is 1580 g/mol. The van der Waals surface area contributed by atoms with Gasteiger partial charge in [0.1, 0.15) is 88.4 Å². The Morgan fingerprint density at radius 3 is 1.29 bits per heavy atom. The molecule has 1 heterocycles. The molecule has 0 radical (unpaired) electrons. The molecule has 1 aliphatic heterocycles. The highest BCUT2D eigenvalue weighted by molar-refractivity contribution is 6.00. The van der Waals surface area contributed by atoms with Gasteiger partial charge in [0.05, 0.1) is 24.8 Å². The summed E-state index contributed by atoms with van der Waals surface area (Å²) < 4.78 is 27.0. The quantitative estimate of drug-likeness (QED) is 0.0339. The number of alkyl carbamates (subject to hydrolysis) is 5. The van der Waals surface area contributed by atoms with Gasteiger partial charge in [-0.1, -0.05) is 89.6 Å². The first kappa shape index (κ1) is 107. The van der Waals surface area contributed by atoms with E-state index in [4.69, 9.17) is 29.4 Å². The van der Waals surface area contributed by atoms with E-state index in [9.17, 15) is 67.7 Å². The number of ether oxygens (including phenoxy) is 5. The molecule has 0 saturated carbocycles. The van der Waals surface area contributed by atoms with Crippen LogP contribution in [0.25, 0.3) is 0 Å². The summed E-state index contributed by atoms with van der Waals surface area (Å²) in [5.41, 5.74) is 1.67. The van der Waals surface area contributed by atoms with E-state index in [1.165, 1.54) is 20.8 Å². The molecule has 1 saturated heterocycles. The summed E-state index contributed by atoms with van der Waals surface area (Å²) in [7, 11) is 0. The van der Waals surface area contributed by atoms with Gasteiger partial charge in [-0.15, -0.1) is 0 Å². The van der Waals surface area contributed by atoms with Crippen LogP contribution in [0.2, 0.25) is 0 Å². The first-order valence-corrected chi connectivity index (χ1v) is 41.4. The van der Waals surface area contributed by atoms with Crippen LogP contribution in [0.4, 0.5) is 24.0 Å². The Morgan fingerprint density at radius 1 is 0.446 bits per heavy atom. The first-order chi connectivity index (χ1) is 56.1. The molecule has 0 aliphatic carbocycles. The molecule has 1 fully saturated rings. The van der Waals surface area contributed by atoms with Gasteiger partial charge < -0.3 is 125 Å². The van der Waals surface area contributed by atoms with Gasteiger partial charge in [-0.25, -0.2) is 24.0 Å². The molecule has 1 aliphatic rings. The van der Waals surface area contributed by atoms with Crippen molar-refractivity contribution in [1.29, 1.82) is 0 Å². The minimum absolute atomic E-state index is 0.131. The SMILES string of the molecule is CCCCCCCC[C@H](N)C(=O)N[C@@H](CCNC(=O)OC(C)(C)C)C(=O)N[C@H](C(=O)N[C@@H](CNC(=O)OC(C)(C)C)C(=O)N[C@H]1CCNC(=O)[C@H]([C@@H](C)O)NC(=O)[C@H](CCNC(=O)OC(C)(C)C)NC(=O)[C@H](CCNC(=O)OC(C)(C)C)NC(=O)[C@H](CC(C)C)NC(=O)[C@@H](Cc2ccccc2)NC(=O)[C@H](CCNC(=O)OC(C)(C)C)NC1=O)[C@@H](C)O. The Balaban J connectivity index is 3.10. The van der Waals surface area contributed by atoms with E-state index in [2.05, 4.69) is 92.0 Å². The lowest BCUT2D eigenvalue weighted by atomic mass is 10.00. The normalized spacial score (nSPS) is 19.9. The van der Waals surface area contributed by atoms with Crippen LogP contribution in [0, 0.1) is 5.92 Å².